The molecule has 26 heavy (non-hydrogen) atoms. The number of hydrogen-bond acceptors (Lipinski definition) is 4. The van der Waals surface area contributed by atoms with Crippen molar-refractivity contribution in [2.75, 3.05) is 19.6 Å². The van der Waals surface area contributed by atoms with Gasteiger partial charge in [0.15, 0.2) is 0 Å². The summed E-state index contributed by atoms with van der Waals surface area (Å²) in [6.45, 7) is 9.79. The molecule has 0 aliphatic carbocycles. The molecule has 3 rings (SSSR count). The number of benzene rings is 1. The van der Waals surface area contributed by atoms with E-state index in [0.717, 1.165) is 44.7 Å². The number of hydrogen-bond donors (Lipinski definition) is 1. The number of rotatable bonds is 5. The van der Waals surface area contributed by atoms with Gasteiger partial charge in [-0.25, -0.2) is 9.37 Å². The highest BCUT2D eigenvalue weighted by atomic mass is 19.1. The lowest BCUT2D eigenvalue weighted by atomic mass is 10.1. The molecule has 2 atom stereocenters. The van der Waals surface area contributed by atoms with E-state index in [2.05, 4.69) is 24.1 Å². The zero-order valence-electron chi connectivity index (χ0n) is 16.0. The minimum Gasteiger partial charge on any atom is -0.313 e. The van der Waals surface area contributed by atoms with Crippen LogP contribution in [0.2, 0.25) is 0 Å². The highest BCUT2D eigenvalue weighted by Crippen LogP contribution is 2.26. The number of fused-ring (bicyclic) bond motifs is 1. The van der Waals surface area contributed by atoms with Crippen molar-refractivity contribution in [1.29, 1.82) is 0 Å². The molecule has 1 fully saturated rings. The Hall–Kier alpha value is -1.79. The second kappa shape index (κ2) is 8.27. The molecular weight excluding hydrogens is 331 g/mol. The first-order valence-corrected chi connectivity index (χ1v) is 9.72. The summed E-state index contributed by atoms with van der Waals surface area (Å²) in [7, 11) is 0. The van der Waals surface area contributed by atoms with Crippen molar-refractivity contribution < 1.29 is 4.39 Å². The van der Waals surface area contributed by atoms with E-state index in [0.29, 0.717) is 23.5 Å². The zero-order chi connectivity index (χ0) is 18.7. The van der Waals surface area contributed by atoms with Gasteiger partial charge in [-0.1, -0.05) is 13.3 Å². The van der Waals surface area contributed by atoms with E-state index in [1.807, 2.05) is 6.92 Å². The maximum Gasteiger partial charge on any atom is 0.261 e. The average molecular weight is 360 g/mol. The lowest BCUT2D eigenvalue weighted by Gasteiger charge is -2.32. The summed E-state index contributed by atoms with van der Waals surface area (Å²) < 4.78 is 15.3. The fourth-order valence-electron chi connectivity index (χ4n) is 3.94. The predicted molar refractivity (Wildman–Crippen MR) is 103 cm³/mol. The normalized spacial score (nSPS) is 20.2. The summed E-state index contributed by atoms with van der Waals surface area (Å²) >= 11 is 0. The van der Waals surface area contributed by atoms with Crippen molar-refractivity contribution in [3.05, 3.63) is 40.2 Å². The van der Waals surface area contributed by atoms with E-state index in [9.17, 15) is 9.18 Å². The molecule has 1 aromatic heterocycles. The van der Waals surface area contributed by atoms with E-state index in [4.69, 9.17) is 4.98 Å². The van der Waals surface area contributed by atoms with Crippen LogP contribution in [0.1, 0.15) is 51.9 Å². The molecule has 0 bridgehead atoms. The van der Waals surface area contributed by atoms with Crippen LogP contribution in [0, 0.1) is 5.82 Å². The molecule has 0 amide bonds. The maximum absolute atomic E-state index is 13.6. The van der Waals surface area contributed by atoms with Crippen molar-refractivity contribution in [2.24, 2.45) is 0 Å². The molecule has 1 saturated heterocycles. The van der Waals surface area contributed by atoms with E-state index in [1.165, 1.54) is 12.1 Å². The fraction of sp³-hybridized carbons (Fsp3) is 0.600. The third-order valence-electron chi connectivity index (χ3n) is 5.19. The minimum absolute atomic E-state index is 0.101. The molecular formula is C20H29FN4O. The Labute approximate surface area is 154 Å². The minimum atomic E-state index is -0.399. The summed E-state index contributed by atoms with van der Waals surface area (Å²) in [6, 6.07) is 4.80. The Morgan fingerprint density at radius 2 is 2.19 bits per heavy atom. The van der Waals surface area contributed by atoms with Crippen LogP contribution in [0.3, 0.4) is 0 Å². The van der Waals surface area contributed by atoms with Crippen LogP contribution in [-0.2, 0) is 6.54 Å². The van der Waals surface area contributed by atoms with Crippen molar-refractivity contribution in [2.45, 2.75) is 58.7 Å². The highest BCUT2D eigenvalue weighted by molar-refractivity contribution is 5.77. The molecule has 5 nitrogen and oxygen atoms in total. The second-order valence-electron chi connectivity index (χ2n) is 7.19. The summed E-state index contributed by atoms with van der Waals surface area (Å²) in [5, 5.41) is 3.88. The molecule has 1 aliphatic heterocycles. The monoisotopic (exact) mass is 360 g/mol. The van der Waals surface area contributed by atoms with E-state index < -0.39 is 5.82 Å². The van der Waals surface area contributed by atoms with Crippen LogP contribution in [0.4, 0.5) is 4.39 Å². The molecule has 2 aromatic rings. The second-order valence-corrected chi connectivity index (χ2v) is 7.19. The molecule has 0 radical (unpaired) electrons. The van der Waals surface area contributed by atoms with Gasteiger partial charge < -0.3 is 5.32 Å². The third kappa shape index (κ3) is 3.81. The van der Waals surface area contributed by atoms with Crippen molar-refractivity contribution in [1.82, 2.24) is 19.8 Å². The number of halogens is 1. The molecule has 1 aromatic carbocycles. The lowest BCUT2D eigenvalue weighted by molar-refractivity contribution is 0.174. The number of aromatic nitrogens is 2. The first kappa shape index (κ1) is 19.0. The molecule has 0 spiro atoms. The largest absolute Gasteiger partial charge is 0.313 e. The molecule has 2 heterocycles. The molecule has 1 aliphatic rings. The Balaban J connectivity index is 2.12. The maximum atomic E-state index is 13.6. The van der Waals surface area contributed by atoms with Crippen LogP contribution in [0.25, 0.3) is 10.9 Å². The van der Waals surface area contributed by atoms with Gasteiger partial charge in [0.2, 0.25) is 0 Å². The molecule has 6 heteroatoms. The molecule has 1 unspecified atom stereocenters. The van der Waals surface area contributed by atoms with Gasteiger partial charge in [-0.2, -0.15) is 0 Å². The Kier molecular flexibility index (Phi) is 6.04. The van der Waals surface area contributed by atoms with Gasteiger partial charge >= 0.3 is 0 Å². The summed E-state index contributed by atoms with van der Waals surface area (Å²) in [6.07, 6.45) is 3.05. The van der Waals surface area contributed by atoms with Crippen LogP contribution >= 0.6 is 0 Å². The summed E-state index contributed by atoms with van der Waals surface area (Å²) in [4.78, 5) is 20.3. The predicted octanol–water partition coefficient (Wildman–Crippen LogP) is 3.08. The standard InChI is InChI=1S/C20H29FN4O/c1-4-7-18(24-11-6-10-22-14(3)13-24)19-23-17-9-8-15(21)12-16(17)20(26)25(19)5-2/h8-9,12,14,18,22H,4-7,10-11,13H2,1-3H3/t14?,18-/m0/s1. The molecule has 0 saturated carbocycles. The van der Waals surface area contributed by atoms with Crippen molar-refractivity contribution in [3.8, 4) is 0 Å². The topological polar surface area (TPSA) is 50.2 Å². The smallest absolute Gasteiger partial charge is 0.261 e. The number of nitrogens with zero attached hydrogens (tertiary/aromatic N) is 3. The number of nitrogens with one attached hydrogen (secondary N) is 1. The SMILES string of the molecule is CCC[C@@H](c1nc2ccc(F)cc2c(=O)n1CC)N1CCCNC(C)C1. The van der Waals surface area contributed by atoms with Gasteiger partial charge in [-0.05, 0) is 51.4 Å². The lowest BCUT2D eigenvalue weighted by Crippen LogP contribution is -2.40. The quantitative estimate of drug-likeness (QED) is 0.890. The average Bonchev–Trinajstić information content (AvgIpc) is 2.84. The van der Waals surface area contributed by atoms with E-state index in [-0.39, 0.29) is 11.6 Å². The van der Waals surface area contributed by atoms with Gasteiger partial charge in [0.25, 0.3) is 5.56 Å². The Morgan fingerprint density at radius 1 is 1.38 bits per heavy atom. The first-order chi connectivity index (χ1) is 12.5. The van der Waals surface area contributed by atoms with Gasteiger partial charge in [-0.3, -0.25) is 14.3 Å². The van der Waals surface area contributed by atoms with Gasteiger partial charge in [0, 0.05) is 25.7 Å². The van der Waals surface area contributed by atoms with Crippen LogP contribution < -0.4 is 10.9 Å². The van der Waals surface area contributed by atoms with Gasteiger partial charge in [0.1, 0.15) is 11.6 Å². The van der Waals surface area contributed by atoms with Crippen LogP contribution in [0.15, 0.2) is 23.0 Å². The highest BCUT2D eigenvalue weighted by Gasteiger charge is 2.27. The third-order valence-corrected chi connectivity index (χ3v) is 5.19. The molecule has 1 N–H and O–H groups in total. The van der Waals surface area contributed by atoms with Crippen LogP contribution in [-0.4, -0.2) is 40.1 Å². The van der Waals surface area contributed by atoms with Gasteiger partial charge in [-0.15, -0.1) is 0 Å². The van der Waals surface area contributed by atoms with Crippen LogP contribution in [0.5, 0.6) is 0 Å². The van der Waals surface area contributed by atoms with Crippen molar-refractivity contribution >= 4 is 10.9 Å². The molecule has 142 valence electrons. The van der Waals surface area contributed by atoms with E-state index in [1.54, 1.807) is 10.6 Å². The Bertz CT molecular complexity index is 819. The summed E-state index contributed by atoms with van der Waals surface area (Å²) in [5.41, 5.74) is 0.437. The van der Waals surface area contributed by atoms with Gasteiger partial charge in [0.05, 0.1) is 16.9 Å². The van der Waals surface area contributed by atoms with E-state index >= 15 is 0 Å². The van der Waals surface area contributed by atoms with Crippen molar-refractivity contribution in [3.63, 3.8) is 0 Å². The first-order valence-electron chi connectivity index (χ1n) is 9.72. The summed E-state index contributed by atoms with van der Waals surface area (Å²) in [5.74, 6) is 0.414. The fourth-order valence-corrected chi connectivity index (χ4v) is 3.94. The Morgan fingerprint density at radius 3 is 2.92 bits per heavy atom. The zero-order valence-corrected chi connectivity index (χ0v) is 16.0.